The summed E-state index contributed by atoms with van der Waals surface area (Å²) in [6, 6.07) is 9.51. The van der Waals surface area contributed by atoms with Gasteiger partial charge in [0.25, 0.3) is 0 Å². The fraction of sp³-hybridized carbons (Fsp3) is 0.389. The van der Waals surface area contributed by atoms with Crippen LogP contribution in [0.3, 0.4) is 0 Å². The van der Waals surface area contributed by atoms with Crippen molar-refractivity contribution in [3.05, 3.63) is 52.8 Å². The van der Waals surface area contributed by atoms with Crippen LogP contribution in [-0.2, 0) is 13.2 Å². The minimum absolute atomic E-state index is 0.241. The predicted molar refractivity (Wildman–Crippen MR) is 94.6 cm³/mol. The monoisotopic (exact) mass is 350 g/mol. The number of ether oxygens (including phenoxy) is 2. The van der Waals surface area contributed by atoms with Crippen molar-refractivity contribution in [1.29, 1.82) is 0 Å². The minimum atomic E-state index is 0.241. The zero-order valence-corrected chi connectivity index (χ0v) is 14.6. The lowest BCUT2D eigenvalue weighted by atomic mass is 10.2. The zero-order valence-electron chi connectivity index (χ0n) is 13.8. The molecule has 0 spiro atoms. The second kappa shape index (κ2) is 10.1. The third-order valence-corrected chi connectivity index (χ3v) is 3.73. The summed E-state index contributed by atoms with van der Waals surface area (Å²) in [6.45, 7) is 2.28. The number of rotatable bonds is 10. The Morgan fingerprint density at radius 1 is 1.12 bits per heavy atom. The number of pyridine rings is 1. The number of aliphatic hydroxyl groups excluding tert-OH is 1. The van der Waals surface area contributed by atoms with Gasteiger partial charge in [0.15, 0.2) is 11.5 Å². The molecule has 0 aliphatic heterocycles. The molecule has 2 N–H and O–H groups in total. The van der Waals surface area contributed by atoms with Gasteiger partial charge in [-0.05, 0) is 43.1 Å². The van der Waals surface area contributed by atoms with Crippen LogP contribution in [0.5, 0.6) is 11.5 Å². The quantitative estimate of drug-likeness (QED) is 0.509. The molecule has 0 amide bonds. The second-order valence-electron chi connectivity index (χ2n) is 5.37. The molecule has 1 aromatic carbocycles. The summed E-state index contributed by atoms with van der Waals surface area (Å²) >= 11 is 5.77. The van der Waals surface area contributed by atoms with Crippen LogP contribution in [0.1, 0.15) is 24.0 Å². The molecule has 24 heavy (non-hydrogen) atoms. The molecule has 130 valence electrons. The summed E-state index contributed by atoms with van der Waals surface area (Å²) in [5, 5.41) is 12.6. The highest BCUT2D eigenvalue weighted by Gasteiger charge is 2.06. The highest BCUT2D eigenvalue weighted by atomic mass is 35.5. The Bertz CT molecular complexity index is 620. The first-order chi connectivity index (χ1) is 11.7. The van der Waals surface area contributed by atoms with Crippen LogP contribution in [0.4, 0.5) is 0 Å². The van der Waals surface area contributed by atoms with Gasteiger partial charge in [-0.15, -0.1) is 0 Å². The average molecular weight is 351 g/mol. The van der Waals surface area contributed by atoms with Crippen LogP contribution in [-0.4, -0.2) is 30.4 Å². The summed E-state index contributed by atoms with van der Waals surface area (Å²) in [4.78, 5) is 4.03. The summed E-state index contributed by atoms with van der Waals surface area (Å²) < 4.78 is 11.2. The SMILES string of the molecule is COc1cc(CNCCCCO)ccc1OCc1ccc(Cl)nc1. The van der Waals surface area contributed by atoms with E-state index in [1.54, 1.807) is 19.4 Å². The standard InChI is InChI=1S/C18H23ClN2O3/c1-23-17-10-14(11-20-8-2-3-9-22)4-6-16(17)24-13-15-5-7-18(19)21-12-15/h4-7,10,12,20,22H,2-3,8-9,11,13H2,1H3. The molecule has 1 aromatic heterocycles. The molecule has 0 fully saturated rings. The van der Waals surface area contributed by atoms with E-state index in [1.807, 2.05) is 24.3 Å². The number of benzene rings is 1. The molecule has 5 nitrogen and oxygen atoms in total. The maximum absolute atomic E-state index is 8.76. The largest absolute Gasteiger partial charge is 0.493 e. The number of aromatic nitrogens is 1. The first-order valence-corrected chi connectivity index (χ1v) is 8.32. The molecular formula is C18H23ClN2O3. The van der Waals surface area contributed by atoms with Crippen LogP contribution in [0.2, 0.25) is 5.15 Å². The highest BCUT2D eigenvalue weighted by Crippen LogP contribution is 2.28. The average Bonchev–Trinajstić information content (AvgIpc) is 2.61. The number of methoxy groups -OCH3 is 1. The summed E-state index contributed by atoms with van der Waals surface area (Å²) in [6.07, 6.45) is 3.48. The number of hydrogen-bond acceptors (Lipinski definition) is 5. The molecule has 0 aliphatic rings. The number of halogens is 1. The lowest BCUT2D eigenvalue weighted by Crippen LogP contribution is -2.15. The third kappa shape index (κ3) is 6.00. The van der Waals surface area contributed by atoms with E-state index in [9.17, 15) is 0 Å². The molecule has 0 aliphatic carbocycles. The van der Waals surface area contributed by atoms with Crippen LogP contribution in [0.25, 0.3) is 0 Å². The lowest BCUT2D eigenvalue weighted by Gasteiger charge is -2.12. The Labute approximate surface area is 147 Å². The molecular weight excluding hydrogens is 328 g/mol. The van der Waals surface area contributed by atoms with E-state index >= 15 is 0 Å². The van der Waals surface area contributed by atoms with E-state index in [1.165, 1.54) is 0 Å². The van der Waals surface area contributed by atoms with Crippen molar-refractivity contribution in [2.45, 2.75) is 26.0 Å². The molecule has 0 unspecified atom stereocenters. The summed E-state index contributed by atoms with van der Waals surface area (Å²) in [7, 11) is 1.63. The maximum atomic E-state index is 8.76. The van der Waals surface area contributed by atoms with Gasteiger partial charge in [-0.1, -0.05) is 23.7 Å². The molecule has 0 saturated carbocycles. The molecule has 2 aromatic rings. The van der Waals surface area contributed by atoms with Gasteiger partial charge < -0.3 is 19.9 Å². The van der Waals surface area contributed by atoms with Crippen LogP contribution >= 0.6 is 11.6 Å². The van der Waals surface area contributed by atoms with Gasteiger partial charge in [0.1, 0.15) is 11.8 Å². The van der Waals surface area contributed by atoms with Gasteiger partial charge >= 0.3 is 0 Å². The van der Waals surface area contributed by atoms with Crippen molar-refractivity contribution in [2.75, 3.05) is 20.3 Å². The zero-order chi connectivity index (χ0) is 17.2. The molecule has 0 radical (unpaired) electrons. The van der Waals surface area contributed by atoms with Crippen molar-refractivity contribution in [3.63, 3.8) is 0 Å². The normalized spacial score (nSPS) is 10.6. The van der Waals surface area contributed by atoms with Crippen molar-refractivity contribution < 1.29 is 14.6 Å². The fourth-order valence-corrected chi connectivity index (χ4v) is 2.30. The Balaban J connectivity index is 1.89. The van der Waals surface area contributed by atoms with E-state index in [0.29, 0.717) is 23.3 Å². The Morgan fingerprint density at radius 2 is 1.96 bits per heavy atom. The van der Waals surface area contributed by atoms with E-state index in [4.69, 9.17) is 26.2 Å². The van der Waals surface area contributed by atoms with E-state index in [0.717, 1.165) is 37.1 Å². The van der Waals surface area contributed by atoms with Crippen molar-refractivity contribution >= 4 is 11.6 Å². The first kappa shape index (κ1) is 18.5. The van der Waals surface area contributed by atoms with Crippen molar-refractivity contribution in [1.82, 2.24) is 10.3 Å². The number of aliphatic hydroxyl groups is 1. The second-order valence-corrected chi connectivity index (χ2v) is 5.76. The minimum Gasteiger partial charge on any atom is -0.493 e. The molecule has 6 heteroatoms. The van der Waals surface area contributed by atoms with Crippen LogP contribution in [0, 0.1) is 0 Å². The topological polar surface area (TPSA) is 63.6 Å². The molecule has 0 bridgehead atoms. The highest BCUT2D eigenvalue weighted by molar-refractivity contribution is 6.29. The van der Waals surface area contributed by atoms with Gasteiger partial charge in [0.2, 0.25) is 0 Å². The van der Waals surface area contributed by atoms with Crippen LogP contribution < -0.4 is 14.8 Å². The first-order valence-electron chi connectivity index (χ1n) is 7.94. The summed E-state index contributed by atoms with van der Waals surface area (Å²) in [5.41, 5.74) is 2.06. The van der Waals surface area contributed by atoms with Gasteiger partial charge in [-0.25, -0.2) is 4.98 Å². The molecule has 1 heterocycles. The Kier molecular flexibility index (Phi) is 7.82. The van der Waals surface area contributed by atoms with Crippen molar-refractivity contribution in [2.24, 2.45) is 0 Å². The molecule has 0 saturated heterocycles. The maximum Gasteiger partial charge on any atom is 0.161 e. The fourth-order valence-electron chi connectivity index (χ4n) is 2.19. The number of hydrogen-bond donors (Lipinski definition) is 2. The third-order valence-electron chi connectivity index (χ3n) is 3.50. The predicted octanol–water partition coefficient (Wildman–Crippen LogP) is 3.18. The van der Waals surface area contributed by atoms with Gasteiger partial charge in [-0.2, -0.15) is 0 Å². The van der Waals surface area contributed by atoms with E-state index in [2.05, 4.69) is 10.3 Å². The lowest BCUT2D eigenvalue weighted by molar-refractivity contribution is 0.283. The Hall–Kier alpha value is -1.82. The Morgan fingerprint density at radius 3 is 2.67 bits per heavy atom. The van der Waals surface area contributed by atoms with Gasteiger partial charge in [-0.3, -0.25) is 0 Å². The van der Waals surface area contributed by atoms with Gasteiger partial charge in [0.05, 0.1) is 7.11 Å². The smallest absolute Gasteiger partial charge is 0.161 e. The summed E-state index contributed by atoms with van der Waals surface area (Å²) in [5.74, 6) is 1.39. The van der Waals surface area contributed by atoms with Gasteiger partial charge in [0, 0.05) is 24.9 Å². The molecule has 0 atom stereocenters. The van der Waals surface area contributed by atoms with Crippen molar-refractivity contribution in [3.8, 4) is 11.5 Å². The van der Waals surface area contributed by atoms with Crippen LogP contribution in [0.15, 0.2) is 36.5 Å². The van der Waals surface area contributed by atoms with E-state index < -0.39 is 0 Å². The number of unbranched alkanes of at least 4 members (excludes halogenated alkanes) is 1. The van der Waals surface area contributed by atoms with E-state index in [-0.39, 0.29) is 6.61 Å². The number of nitrogens with zero attached hydrogens (tertiary/aromatic N) is 1. The number of nitrogens with one attached hydrogen (secondary N) is 1. The molecule has 2 rings (SSSR count).